The maximum atomic E-state index is 3.47. The molecule has 2 unspecified atom stereocenters. The van der Waals surface area contributed by atoms with Gasteiger partial charge in [0.15, 0.2) is 0 Å². The lowest BCUT2D eigenvalue weighted by Gasteiger charge is -2.28. The van der Waals surface area contributed by atoms with Crippen molar-refractivity contribution in [1.29, 1.82) is 0 Å². The highest BCUT2D eigenvalue weighted by molar-refractivity contribution is 7.99. The number of thioether (sulfide) groups is 1. The van der Waals surface area contributed by atoms with E-state index in [9.17, 15) is 0 Å². The smallest absolute Gasteiger partial charge is 0.0349 e. The largest absolute Gasteiger partial charge is 0.314 e. The predicted octanol–water partition coefficient (Wildman–Crippen LogP) is 0.183. The van der Waals surface area contributed by atoms with Gasteiger partial charge in [-0.25, -0.2) is 0 Å². The molecular formula is C10H23N3S. The molecular weight excluding hydrogens is 194 g/mol. The molecule has 0 saturated carbocycles. The summed E-state index contributed by atoms with van der Waals surface area (Å²) in [5.74, 6) is 0. The average Bonchev–Trinajstić information content (AvgIpc) is 2.61. The minimum atomic E-state index is 0.713. The molecule has 1 saturated heterocycles. The first-order valence-corrected chi connectivity index (χ1v) is 6.52. The number of nitrogens with zero attached hydrogens (tertiary/aromatic N) is 2. The van der Waals surface area contributed by atoms with E-state index in [1.54, 1.807) is 0 Å². The monoisotopic (exact) mass is 217 g/mol. The van der Waals surface area contributed by atoms with Gasteiger partial charge in [0.1, 0.15) is 0 Å². The quantitative estimate of drug-likeness (QED) is 0.708. The second-order valence-electron chi connectivity index (χ2n) is 4.28. The molecule has 14 heavy (non-hydrogen) atoms. The Hall–Kier alpha value is 0.230. The summed E-state index contributed by atoms with van der Waals surface area (Å²) in [5.41, 5.74) is 0. The Morgan fingerprint density at radius 2 is 1.93 bits per heavy atom. The summed E-state index contributed by atoms with van der Waals surface area (Å²) in [7, 11) is 6.50. The Balaban J connectivity index is 2.31. The zero-order valence-electron chi connectivity index (χ0n) is 9.79. The van der Waals surface area contributed by atoms with E-state index in [4.69, 9.17) is 0 Å². The van der Waals surface area contributed by atoms with E-state index in [1.165, 1.54) is 0 Å². The van der Waals surface area contributed by atoms with Crippen molar-refractivity contribution in [1.82, 2.24) is 15.1 Å². The fourth-order valence-electron chi connectivity index (χ4n) is 1.84. The molecule has 3 nitrogen and oxygen atoms in total. The molecule has 1 rings (SSSR count). The zero-order valence-corrected chi connectivity index (χ0v) is 10.6. The van der Waals surface area contributed by atoms with E-state index in [2.05, 4.69) is 42.5 Å². The summed E-state index contributed by atoms with van der Waals surface area (Å²) in [6.45, 7) is 4.62. The van der Waals surface area contributed by atoms with Crippen molar-refractivity contribution >= 4 is 11.8 Å². The molecule has 0 aromatic rings. The standard InChI is InChI=1S/C10H23N3S/c1-12(2)5-6-13(3)9-7-11-8-10(9)14-4/h9-11H,5-8H2,1-4H3. The van der Waals surface area contributed by atoms with Crippen molar-refractivity contribution in [2.75, 3.05) is 53.6 Å². The lowest BCUT2D eigenvalue weighted by atomic mass is 10.2. The van der Waals surface area contributed by atoms with E-state index in [1.807, 2.05) is 11.8 Å². The number of hydrogen-bond acceptors (Lipinski definition) is 4. The highest BCUT2D eigenvalue weighted by Gasteiger charge is 2.28. The van der Waals surface area contributed by atoms with Gasteiger partial charge in [0.2, 0.25) is 0 Å². The molecule has 1 heterocycles. The van der Waals surface area contributed by atoms with Gasteiger partial charge >= 0.3 is 0 Å². The van der Waals surface area contributed by atoms with Crippen molar-refractivity contribution in [2.45, 2.75) is 11.3 Å². The van der Waals surface area contributed by atoms with Gasteiger partial charge < -0.3 is 10.2 Å². The minimum Gasteiger partial charge on any atom is -0.314 e. The molecule has 0 aliphatic carbocycles. The Bertz CT molecular complexity index is 163. The van der Waals surface area contributed by atoms with Crippen molar-refractivity contribution in [3.05, 3.63) is 0 Å². The van der Waals surface area contributed by atoms with Crippen LogP contribution in [0.15, 0.2) is 0 Å². The molecule has 1 aliphatic rings. The van der Waals surface area contributed by atoms with Gasteiger partial charge in [-0.05, 0) is 27.4 Å². The predicted molar refractivity (Wildman–Crippen MR) is 65.1 cm³/mol. The summed E-state index contributed by atoms with van der Waals surface area (Å²) in [4.78, 5) is 4.73. The summed E-state index contributed by atoms with van der Waals surface area (Å²) in [5, 5.41) is 4.23. The van der Waals surface area contributed by atoms with Crippen LogP contribution in [-0.2, 0) is 0 Å². The third-order valence-corrected chi connectivity index (χ3v) is 3.98. The van der Waals surface area contributed by atoms with Crippen LogP contribution in [0, 0.1) is 0 Å². The Morgan fingerprint density at radius 3 is 2.50 bits per heavy atom. The van der Waals surface area contributed by atoms with Gasteiger partial charge in [0.25, 0.3) is 0 Å². The zero-order chi connectivity index (χ0) is 10.6. The molecule has 0 amide bonds. The Kier molecular flexibility index (Phi) is 5.23. The minimum absolute atomic E-state index is 0.713. The summed E-state index contributed by atoms with van der Waals surface area (Å²) >= 11 is 1.99. The van der Waals surface area contributed by atoms with E-state index in [0.29, 0.717) is 6.04 Å². The molecule has 0 aromatic heterocycles. The maximum absolute atomic E-state index is 3.47. The maximum Gasteiger partial charge on any atom is 0.0349 e. The van der Waals surface area contributed by atoms with Crippen molar-refractivity contribution in [2.24, 2.45) is 0 Å². The fourth-order valence-corrected chi connectivity index (χ4v) is 2.75. The molecule has 0 bridgehead atoms. The van der Waals surface area contributed by atoms with Crippen LogP contribution in [0.25, 0.3) is 0 Å². The van der Waals surface area contributed by atoms with Crippen LogP contribution < -0.4 is 5.32 Å². The second-order valence-corrected chi connectivity index (χ2v) is 5.36. The first kappa shape index (κ1) is 12.3. The second kappa shape index (κ2) is 5.95. The van der Waals surface area contributed by atoms with Crippen LogP contribution in [0.3, 0.4) is 0 Å². The highest BCUT2D eigenvalue weighted by atomic mass is 32.2. The van der Waals surface area contributed by atoms with Crippen LogP contribution >= 0.6 is 11.8 Å². The van der Waals surface area contributed by atoms with Crippen molar-refractivity contribution in [3.63, 3.8) is 0 Å². The molecule has 1 aliphatic heterocycles. The topological polar surface area (TPSA) is 18.5 Å². The van der Waals surface area contributed by atoms with Gasteiger partial charge in [0.05, 0.1) is 0 Å². The molecule has 2 atom stereocenters. The Labute approximate surface area is 92.2 Å². The SMILES string of the molecule is CSC1CNCC1N(C)CCN(C)C. The third kappa shape index (κ3) is 3.42. The molecule has 0 aromatic carbocycles. The van der Waals surface area contributed by atoms with E-state index in [-0.39, 0.29) is 0 Å². The lowest BCUT2D eigenvalue weighted by Crippen LogP contribution is -2.42. The summed E-state index contributed by atoms with van der Waals surface area (Å²) in [6.07, 6.45) is 2.21. The number of nitrogens with one attached hydrogen (secondary N) is 1. The van der Waals surface area contributed by atoms with Crippen LogP contribution in [0.2, 0.25) is 0 Å². The van der Waals surface area contributed by atoms with Gasteiger partial charge in [-0.15, -0.1) is 0 Å². The number of hydrogen-bond donors (Lipinski definition) is 1. The van der Waals surface area contributed by atoms with Crippen LogP contribution in [0.5, 0.6) is 0 Å². The normalized spacial score (nSPS) is 27.9. The Morgan fingerprint density at radius 1 is 1.21 bits per heavy atom. The first-order valence-electron chi connectivity index (χ1n) is 5.23. The molecule has 0 spiro atoms. The summed E-state index contributed by atoms with van der Waals surface area (Å²) in [6, 6.07) is 0.713. The summed E-state index contributed by atoms with van der Waals surface area (Å²) < 4.78 is 0. The highest BCUT2D eigenvalue weighted by Crippen LogP contribution is 2.18. The van der Waals surface area contributed by atoms with Gasteiger partial charge in [-0.3, -0.25) is 4.90 Å². The van der Waals surface area contributed by atoms with Crippen LogP contribution in [0.1, 0.15) is 0 Å². The fraction of sp³-hybridized carbons (Fsp3) is 1.00. The van der Waals surface area contributed by atoms with Crippen molar-refractivity contribution < 1.29 is 0 Å². The van der Waals surface area contributed by atoms with Gasteiger partial charge in [0, 0.05) is 37.5 Å². The average molecular weight is 217 g/mol. The van der Waals surface area contributed by atoms with Crippen LogP contribution in [-0.4, -0.2) is 74.7 Å². The molecule has 84 valence electrons. The molecule has 1 fully saturated rings. The molecule has 4 heteroatoms. The number of likely N-dealkylation sites (N-methyl/N-ethyl adjacent to an activating group) is 2. The van der Waals surface area contributed by atoms with E-state index < -0.39 is 0 Å². The van der Waals surface area contributed by atoms with Gasteiger partial charge in [-0.2, -0.15) is 11.8 Å². The number of rotatable bonds is 5. The van der Waals surface area contributed by atoms with E-state index >= 15 is 0 Å². The third-order valence-electron chi connectivity index (χ3n) is 2.90. The van der Waals surface area contributed by atoms with Gasteiger partial charge in [-0.1, -0.05) is 0 Å². The van der Waals surface area contributed by atoms with Crippen molar-refractivity contribution in [3.8, 4) is 0 Å². The molecule has 0 radical (unpaired) electrons. The lowest BCUT2D eigenvalue weighted by molar-refractivity contribution is 0.231. The van der Waals surface area contributed by atoms with E-state index in [0.717, 1.165) is 31.4 Å². The molecule has 1 N–H and O–H groups in total. The first-order chi connectivity index (χ1) is 6.65. The van der Waals surface area contributed by atoms with Crippen LogP contribution in [0.4, 0.5) is 0 Å².